The van der Waals surface area contributed by atoms with E-state index in [-0.39, 0.29) is 23.6 Å². The lowest BCUT2D eigenvalue weighted by molar-refractivity contribution is 0.133. The maximum Gasteiger partial charge on any atom is 0.317 e. The Balaban J connectivity index is 1.44. The van der Waals surface area contributed by atoms with Crippen molar-refractivity contribution in [1.29, 1.82) is 0 Å². The van der Waals surface area contributed by atoms with Crippen LogP contribution in [-0.2, 0) is 13.0 Å². The van der Waals surface area contributed by atoms with Gasteiger partial charge in [-0.25, -0.2) is 9.18 Å². The van der Waals surface area contributed by atoms with Gasteiger partial charge in [0.05, 0.1) is 7.11 Å². The first-order chi connectivity index (χ1) is 15.0. The minimum Gasteiger partial charge on any atom is -0.494 e. The Morgan fingerprint density at radius 1 is 1.10 bits per heavy atom. The smallest absolute Gasteiger partial charge is 0.317 e. The number of ether oxygens (including phenoxy) is 1. The van der Waals surface area contributed by atoms with Gasteiger partial charge >= 0.3 is 6.03 Å². The van der Waals surface area contributed by atoms with Crippen LogP contribution < -0.4 is 10.1 Å². The van der Waals surface area contributed by atoms with Crippen LogP contribution in [0.4, 0.5) is 9.18 Å². The lowest BCUT2D eigenvalue weighted by atomic mass is 10.1. The quantitative estimate of drug-likeness (QED) is 0.703. The summed E-state index contributed by atoms with van der Waals surface area (Å²) in [5.74, 6) is -0.0857. The molecule has 0 radical (unpaired) electrons. The molecular weight excluding hydrogens is 395 g/mol. The minimum absolute atomic E-state index is 0.0185. The molecule has 2 amide bonds. The first-order valence-electron chi connectivity index (χ1n) is 10.7. The Bertz CT molecular complexity index is 839. The molecule has 2 aromatic rings. The van der Waals surface area contributed by atoms with Crippen LogP contribution in [0, 0.1) is 5.82 Å². The number of carbonyl (C=O) groups excluding carboxylic acids is 1. The largest absolute Gasteiger partial charge is 0.494 e. The highest BCUT2D eigenvalue weighted by molar-refractivity contribution is 5.74. The van der Waals surface area contributed by atoms with E-state index in [0.717, 1.165) is 25.1 Å². The van der Waals surface area contributed by atoms with Crippen LogP contribution in [0.2, 0.25) is 0 Å². The predicted molar refractivity (Wildman–Crippen MR) is 121 cm³/mol. The van der Waals surface area contributed by atoms with Crippen LogP contribution in [0.5, 0.6) is 5.75 Å². The second-order valence-electron chi connectivity index (χ2n) is 8.23. The van der Waals surface area contributed by atoms with E-state index < -0.39 is 0 Å². The maximum atomic E-state index is 13.9. The summed E-state index contributed by atoms with van der Waals surface area (Å²) < 4.78 is 18.9. The number of rotatable bonds is 8. The summed E-state index contributed by atoms with van der Waals surface area (Å²) in [5.41, 5.74) is 2.17. The Kier molecular flexibility index (Phi) is 8.26. The SMILES string of the molecule is COc1ccc(CN2CCN(C(=O)NCC(Cc3ccccc3)N(C)C)CC2)cc1F. The number of methoxy groups -OCH3 is 1. The van der Waals surface area contributed by atoms with E-state index in [1.54, 1.807) is 6.07 Å². The molecule has 168 valence electrons. The van der Waals surface area contributed by atoms with Crippen LogP contribution in [0.1, 0.15) is 11.1 Å². The zero-order valence-electron chi connectivity index (χ0n) is 18.7. The van der Waals surface area contributed by atoms with Crippen LogP contribution in [0.15, 0.2) is 48.5 Å². The molecule has 1 atom stereocenters. The average Bonchev–Trinajstić information content (AvgIpc) is 2.77. The van der Waals surface area contributed by atoms with Gasteiger partial charge in [0.1, 0.15) is 0 Å². The highest BCUT2D eigenvalue weighted by Crippen LogP contribution is 2.19. The average molecular weight is 429 g/mol. The fourth-order valence-electron chi connectivity index (χ4n) is 3.82. The Morgan fingerprint density at radius 3 is 2.42 bits per heavy atom. The number of hydrogen-bond donors (Lipinski definition) is 1. The van der Waals surface area contributed by atoms with E-state index in [0.29, 0.717) is 26.2 Å². The number of amides is 2. The number of likely N-dealkylation sites (N-methyl/N-ethyl adjacent to an activating group) is 1. The molecule has 31 heavy (non-hydrogen) atoms. The molecule has 1 aliphatic heterocycles. The molecule has 1 unspecified atom stereocenters. The zero-order chi connectivity index (χ0) is 22.2. The van der Waals surface area contributed by atoms with Crippen LogP contribution >= 0.6 is 0 Å². The molecule has 0 spiro atoms. The van der Waals surface area contributed by atoms with Gasteiger partial charge in [0.15, 0.2) is 11.6 Å². The third-order valence-electron chi connectivity index (χ3n) is 5.82. The molecule has 1 heterocycles. The molecule has 0 saturated carbocycles. The lowest BCUT2D eigenvalue weighted by Gasteiger charge is -2.35. The Labute approximate surface area is 184 Å². The van der Waals surface area contributed by atoms with Gasteiger partial charge in [-0.15, -0.1) is 0 Å². The van der Waals surface area contributed by atoms with Crippen molar-refractivity contribution in [2.75, 3.05) is 53.9 Å². The number of nitrogens with one attached hydrogen (secondary N) is 1. The highest BCUT2D eigenvalue weighted by atomic mass is 19.1. The number of benzene rings is 2. The van der Waals surface area contributed by atoms with Crippen LogP contribution in [0.25, 0.3) is 0 Å². The number of nitrogens with zero attached hydrogens (tertiary/aromatic N) is 3. The minimum atomic E-state index is -0.344. The summed E-state index contributed by atoms with van der Waals surface area (Å²) in [5, 5.41) is 3.10. The lowest BCUT2D eigenvalue weighted by Crippen LogP contribution is -2.53. The van der Waals surface area contributed by atoms with E-state index in [2.05, 4.69) is 27.2 Å². The summed E-state index contributed by atoms with van der Waals surface area (Å²) in [7, 11) is 5.55. The monoisotopic (exact) mass is 428 g/mol. The fourth-order valence-corrected chi connectivity index (χ4v) is 3.82. The third-order valence-corrected chi connectivity index (χ3v) is 5.82. The fraction of sp³-hybridized carbons (Fsp3) is 0.458. The third kappa shape index (κ3) is 6.67. The molecular formula is C24H33FN4O2. The second-order valence-corrected chi connectivity index (χ2v) is 8.23. The van der Waals surface area contributed by atoms with Crippen molar-refractivity contribution in [2.24, 2.45) is 0 Å². The van der Waals surface area contributed by atoms with E-state index in [9.17, 15) is 9.18 Å². The summed E-state index contributed by atoms with van der Waals surface area (Å²) >= 11 is 0. The molecule has 1 saturated heterocycles. The summed E-state index contributed by atoms with van der Waals surface area (Å²) in [4.78, 5) is 18.9. The normalized spacial score (nSPS) is 15.7. The highest BCUT2D eigenvalue weighted by Gasteiger charge is 2.22. The van der Waals surface area contributed by atoms with Crippen molar-refractivity contribution in [2.45, 2.75) is 19.0 Å². The molecule has 0 aromatic heterocycles. The molecule has 0 aliphatic carbocycles. The van der Waals surface area contributed by atoms with E-state index in [1.807, 2.05) is 43.3 Å². The number of hydrogen-bond acceptors (Lipinski definition) is 4. The number of halogens is 1. The van der Waals surface area contributed by atoms with Gasteiger partial charge in [-0.05, 0) is 43.8 Å². The van der Waals surface area contributed by atoms with Crippen LogP contribution in [0.3, 0.4) is 0 Å². The number of urea groups is 1. The zero-order valence-corrected chi connectivity index (χ0v) is 18.7. The van der Waals surface area contributed by atoms with Crippen molar-refractivity contribution in [1.82, 2.24) is 20.0 Å². The predicted octanol–water partition coefficient (Wildman–Crippen LogP) is 2.83. The van der Waals surface area contributed by atoms with Gasteiger partial charge in [-0.3, -0.25) is 4.90 Å². The van der Waals surface area contributed by atoms with E-state index in [4.69, 9.17) is 4.74 Å². The molecule has 1 N–H and O–H groups in total. The van der Waals surface area contributed by atoms with Crippen molar-refractivity contribution in [3.63, 3.8) is 0 Å². The van der Waals surface area contributed by atoms with Gasteiger partial charge in [0, 0.05) is 45.3 Å². The molecule has 1 aliphatic rings. The first-order valence-corrected chi connectivity index (χ1v) is 10.7. The molecule has 1 fully saturated rings. The van der Waals surface area contributed by atoms with Gasteiger partial charge < -0.3 is 19.9 Å². The Hall–Kier alpha value is -2.64. The van der Waals surface area contributed by atoms with Gasteiger partial charge in [-0.2, -0.15) is 0 Å². The molecule has 3 rings (SSSR count). The number of piperazine rings is 1. The van der Waals surface area contributed by atoms with Crippen LogP contribution in [-0.4, -0.2) is 80.7 Å². The van der Waals surface area contributed by atoms with Crippen molar-refractivity contribution >= 4 is 6.03 Å². The molecule has 7 heteroatoms. The van der Waals surface area contributed by atoms with Gasteiger partial charge in [0.25, 0.3) is 0 Å². The topological polar surface area (TPSA) is 48.1 Å². The second kappa shape index (κ2) is 11.1. The standard InChI is InChI=1S/C24H33FN4O2/c1-27(2)21(15-19-7-5-4-6-8-19)17-26-24(30)29-13-11-28(12-14-29)18-20-9-10-23(31-3)22(25)16-20/h4-10,16,21H,11-15,17-18H2,1-3H3,(H,26,30). The Morgan fingerprint density at radius 2 is 1.81 bits per heavy atom. The van der Waals surface area contributed by atoms with Gasteiger partial charge in [0.2, 0.25) is 0 Å². The summed E-state index contributed by atoms with van der Waals surface area (Å²) in [6, 6.07) is 15.6. The van der Waals surface area contributed by atoms with E-state index >= 15 is 0 Å². The van der Waals surface area contributed by atoms with Crippen molar-refractivity contribution in [3.05, 3.63) is 65.5 Å². The first kappa shape index (κ1) is 23.0. The molecule has 2 aromatic carbocycles. The van der Waals surface area contributed by atoms with E-state index in [1.165, 1.54) is 18.7 Å². The molecule has 6 nitrogen and oxygen atoms in total. The molecule has 0 bridgehead atoms. The van der Waals surface area contributed by atoms with Crippen molar-refractivity contribution in [3.8, 4) is 5.75 Å². The van der Waals surface area contributed by atoms with Crippen molar-refractivity contribution < 1.29 is 13.9 Å². The maximum absolute atomic E-state index is 13.9. The summed E-state index contributed by atoms with van der Waals surface area (Å²) in [6.45, 7) is 4.12. The number of carbonyl (C=O) groups is 1. The summed E-state index contributed by atoms with van der Waals surface area (Å²) in [6.07, 6.45) is 0.889. The van der Waals surface area contributed by atoms with Gasteiger partial charge in [-0.1, -0.05) is 36.4 Å².